The fraction of sp³-hybridized carbons (Fsp3) is 0.667. The van der Waals surface area contributed by atoms with Crippen molar-refractivity contribution in [1.82, 2.24) is 4.31 Å². The lowest BCUT2D eigenvalue weighted by molar-refractivity contribution is -0.0603. The van der Waals surface area contributed by atoms with Crippen LogP contribution >= 0.6 is 0 Å². The molecule has 2 heterocycles. The van der Waals surface area contributed by atoms with E-state index in [2.05, 4.69) is 0 Å². The Labute approximate surface area is 145 Å². The molecule has 0 N–H and O–H groups in total. The predicted octanol–water partition coefficient (Wildman–Crippen LogP) is 2.59. The van der Waals surface area contributed by atoms with Crippen LogP contribution in [0.1, 0.15) is 31.2 Å². The number of ether oxygens (including phenoxy) is 2. The van der Waals surface area contributed by atoms with Gasteiger partial charge < -0.3 is 9.47 Å². The molecule has 1 aromatic carbocycles. The van der Waals surface area contributed by atoms with Gasteiger partial charge in [0, 0.05) is 33.4 Å². The van der Waals surface area contributed by atoms with E-state index in [1.807, 2.05) is 13.0 Å². The Hall–Kier alpha value is -0.950. The number of benzene rings is 1. The highest BCUT2D eigenvalue weighted by atomic mass is 32.2. The molecule has 0 aromatic heterocycles. The first-order valence-corrected chi connectivity index (χ1v) is 10.1. The molecule has 24 heavy (non-hydrogen) atoms. The van der Waals surface area contributed by atoms with Gasteiger partial charge in [0.15, 0.2) is 0 Å². The lowest BCUT2D eigenvalue weighted by atomic mass is 9.78. The van der Waals surface area contributed by atoms with Crippen LogP contribution in [-0.4, -0.2) is 51.7 Å². The fourth-order valence-electron chi connectivity index (χ4n) is 4.04. The van der Waals surface area contributed by atoms with Crippen LogP contribution in [0.15, 0.2) is 29.2 Å². The van der Waals surface area contributed by atoms with Crippen LogP contribution in [0.4, 0.5) is 0 Å². The maximum Gasteiger partial charge on any atom is 0.243 e. The number of nitrogens with zero attached hydrogens (tertiary/aromatic N) is 1. The van der Waals surface area contributed by atoms with Crippen molar-refractivity contribution in [2.75, 3.05) is 33.4 Å². The molecule has 0 amide bonds. The van der Waals surface area contributed by atoms with E-state index in [9.17, 15) is 8.42 Å². The largest absolute Gasteiger partial charge is 0.385 e. The summed E-state index contributed by atoms with van der Waals surface area (Å²) in [5.74, 6) is 0.473. The second-order valence-corrected chi connectivity index (χ2v) is 8.84. The zero-order valence-electron chi connectivity index (χ0n) is 14.5. The van der Waals surface area contributed by atoms with E-state index in [1.165, 1.54) is 0 Å². The summed E-state index contributed by atoms with van der Waals surface area (Å²) in [6.07, 6.45) is 3.58. The van der Waals surface area contributed by atoms with Gasteiger partial charge in [-0.25, -0.2) is 8.42 Å². The van der Waals surface area contributed by atoms with Gasteiger partial charge in [0.2, 0.25) is 10.0 Å². The SMILES string of the molecule is COCC[C@H]1CCOC12CCN(S(=O)(=O)c1cccc(C)c1)CC2. The van der Waals surface area contributed by atoms with Gasteiger partial charge in [0.25, 0.3) is 0 Å². The van der Waals surface area contributed by atoms with Gasteiger partial charge in [0.1, 0.15) is 0 Å². The molecule has 0 bridgehead atoms. The van der Waals surface area contributed by atoms with E-state index in [4.69, 9.17) is 9.47 Å². The quantitative estimate of drug-likeness (QED) is 0.816. The number of rotatable bonds is 5. The highest BCUT2D eigenvalue weighted by Crippen LogP contribution is 2.43. The van der Waals surface area contributed by atoms with Crippen LogP contribution in [0.2, 0.25) is 0 Å². The number of hydrogen-bond donors (Lipinski definition) is 0. The van der Waals surface area contributed by atoms with Crippen molar-refractivity contribution in [3.05, 3.63) is 29.8 Å². The van der Waals surface area contributed by atoms with Gasteiger partial charge in [-0.3, -0.25) is 0 Å². The average molecular weight is 353 g/mol. The molecule has 0 radical (unpaired) electrons. The van der Waals surface area contributed by atoms with Crippen molar-refractivity contribution in [2.45, 2.75) is 43.1 Å². The van der Waals surface area contributed by atoms with Crippen molar-refractivity contribution < 1.29 is 17.9 Å². The Morgan fingerprint density at radius 2 is 2.08 bits per heavy atom. The van der Waals surface area contributed by atoms with Gasteiger partial charge in [-0.05, 0) is 56.2 Å². The van der Waals surface area contributed by atoms with Crippen molar-refractivity contribution in [1.29, 1.82) is 0 Å². The van der Waals surface area contributed by atoms with Gasteiger partial charge in [-0.2, -0.15) is 4.31 Å². The van der Waals surface area contributed by atoms with Crippen LogP contribution in [0.3, 0.4) is 0 Å². The Morgan fingerprint density at radius 1 is 1.33 bits per heavy atom. The molecule has 0 aliphatic carbocycles. The maximum absolute atomic E-state index is 12.9. The summed E-state index contributed by atoms with van der Waals surface area (Å²) in [5, 5.41) is 0. The molecule has 1 aromatic rings. The lowest BCUT2D eigenvalue weighted by Crippen LogP contribution is -2.49. The monoisotopic (exact) mass is 353 g/mol. The summed E-state index contributed by atoms with van der Waals surface area (Å²) in [4.78, 5) is 0.390. The number of methoxy groups -OCH3 is 1. The highest BCUT2D eigenvalue weighted by Gasteiger charge is 2.47. The molecule has 6 heteroatoms. The fourth-order valence-corrected chi connectivity index (χ4v) is 5.58. The minimum absolute atomic E-state index is 0.156. The highest BCUT2D eigenvalue weighted by molar-refractivity contribution is 7.89. The Balaban J connectivity index is 1.70. The molecule has 3 rings (SSSR count). The Bertz CT molecular complexity index is 665. The summed E-state index contributed by atoms with van der Waals surface area (Å²) in [5.41, 5.74) is 0.806. The van der Waals surface area contributed by atoms with E-state index in [0.717, 1.165) is 44.5 Å². The Kier molecular flexibility index (Phi) is 5.30. The first-order chi connectivity index (χ1) is 11.5. The van der Waals surface area contributed by atoms with E-state index >= 15 is 0 Å². The van der Waals surface area contributed by atoms with Crippen molar-refractivity contribution in [2.24, 2.45) is 5.92 Å². The number of aryl methyl sites for hydroxylation is 1. The topological polar surface area (TPSA) is 55.8 Å². The number of sulfonamides is 1. The molecule has 2 aliphatic heterocycles. The number of piperidine rings is 1. The van der Waals surface area contributed by atoms with Crippen LogP contribution in [0.5, 0.6) is 0 Å². The van der Waals surface area contributed by atoms with Crippen LogP contribution in [0, 0.1) is 12.8 Å². The first-order valence-electron chi connectivity index (χ1n) is 8.68. The molecule has 1 spiro atoms. The average Bonchev–Trinajstić information content (AvgIpc) is 2.95. The van der Waals surface area contributed by atoms with Crippen molar-refractivity contribution in [3.63, 3.8) is 0 Å². The third-order valence-corrected chi connectivity index (χ3v) is 7.36. The number of hydrogen-bond acceptors (Lipinski definition) is 4. The molecule has 0 unspecified atom stereocenters. The van der Waals surface area contributed by atoms with Crippen LogP contribution < -0.4 is 0 Å². The van der Waals surface area contributed by atoms with Crippen LogP contribution in [0.25, 0.3) is 0 Å². The minimum atomic E-state index is -3.41. The van der Waals surface area contributed by atoms with Crippen molar-refractivity contribution >= 4 is 10.0 Å². The molecular formula is C18H27NO4S. The van der Waals surface area contributed by atoms with E-state index in [1.54, 1.807) is 29.6 Å². The summed E-state index contributed by atoms with van der Waals surface area (Å²) in [7, 11) is -1.69. The van der Waals surface area contributed by atoms with Gasteiger partial charge in [0.05, 0.1) is 10.5 Å². The van der Waals surface area contributed by atoms with E-state index in [-0.39, 0.29) is 5.60 Å². The van der Waals surface area contributed by atoms with E-state index < -0.39 is 10.0 Å². The molecule has 5 nitrogen and oxygen atoms in total. The summed E-state index contributed by atoms with van der Waals surface area (Å²) < 4.78 is 38.7. The predicted molar refractivity (Wildman–Crippen MR) is 92.5 cm³/mol. The molecule has 2 fully saturated rings. The Morgan fingerprint density at radius 3 is 2.75 bits per heavy atom. The third-order valence-electron chi connectivity index (χ3n) is 5.47. The van der Waals surface area contributed by atoms with Crippen molar-refractivity contribution in [3.8, 4) is 0 Å². The zero-order chi connectivity index (χ0) is 17.2. The second-order valence-electron chi connectivity index (χ2n) is 6.90. The normalized spacial score (nSPS) is 24.5. The summed E-state index contributed by atoms with van der Waals surface area (Å²) in [6, 6.07) is 7.14. The standard InChI is InChI=1S/C18H27NO4S/c1-15-4-3-5-17(14-15)24(20,21)19-10-8-18(9-11-19)16(6-12-22-2)7-13-23-18/h3-5,14,16H,6-13H2,1-2H3/t16-/m0/s1. The molecular weight excluding hydrogens is 326 g/mol. The summed E-state index contributed by atoms with van der Waals surface area (Å²) in [6.45, 7) is 4.48. The van der Waals surface area contributed by atoms with Gasteiger partial charge in [-0.1, -0.05) is 12.1 Å². The third kappa shape index (κ3) is 3.38. The van der Waals surface area contributed by atoms with E-state index in [0.29, 0.717) is 23.9 Å². The maximum atomic E-state index is 12.9. The van der Waals surface area contributed by atoms with Crippen LogP contribution in [-0.2, 0) is 19.5 Å². The summed E-state index contributed by atoms with van der Waals surface area (Å²) >= 11 is 0. The molecule has 0 saturated carbocycles. The first kappa shape index (κ1) is 17.9. The molecule has 2 aliphatic rings. The minimum Gasteiger partial charge on any atom is -0.385 e. The smallest absolute Gasteiger partial charge is 0.243 e. The lowest BCUT2D eigenvalue weighted by Gasteiger charge is -2.41. The molecule has 134 valence electrons. The van der Waals surface area contributed by atoms with Gasteiger partial charge >= 0.3 is 0 Å². The molecule has 1 atom stereocenters. The molecule has 2 saturated heterocycles. The zero-order valence-corrected chi connectivity index (χ0v) is 15.3. The second kappa shape index (κ2) is 7.12. The van der Waals surface area contributed by atoms with Gasteiger partial charge in [-0.15, -0.1) is 0 Å².